The van der Waals surface area contributed by atoms with E-state index in [1.165, 1.54) is 0 Å². The fourth-order valence-corrected chi connectivity index (χ4v) is 0.816. The lowest BCUT2D eigenvalue weighted by Gasteiger charge is -1.96. The summed E-state index contributed by atoms with van der Waals surface area (Å²) in [6, 6.07) is 0. The van der Waals surface area contributed by atoms with Gasteiger partial charge in [0.2, 0.25) is 0 Å². The van der Waals surface area contributed by atoms with Crippen LogP contribution in [0.15, 0.2) is 17.0 Å². The summed E-state index contributed by atoms with van der Waals surface area (Å²) in [7, 11) is 1.88. The third-order valence-electron chi connectivity index (χ3n) is 1.03. The molecule has 1 heterocycles. The molecule has 4 heteroatoms. The van der Waals surface area contributed by atoms with E-state index in [2.05, 4.69) is 31.2 Å². The molecule has 1 N–H and O–H groups in total. The van der Waals surface area contributed by atoms with Gasteiger partial charge in [-0.1, -0.05) is 0 Å². The zero-order chi connectivity index (χ0) is 7.40. The van der Waals surface area contributed by atoms with E-state index in [-0.39, 0.29) is 0 Å². The van der Waals surface area contributed by atoms with Gasteiger partial charge in [-0.05, 0) is 23.0 Å². The first kappa shape index (κ1) is 7.63. The number of aromatic nitrogens is 2. The summed E-state index contributed by atoms with van der Waals surface area (Å²) < 4.78 is 0.771. The molecule has 0 fully saturated rings. The number of nitrogens with zero attached hydrogens (tertiary/aromatic N) is 2. The maximum atomic E-state index is 4.10. The van der Waals surface area contributed by atoms with Crippen LogP contribution in [0.4, 0.5) is 0 Å². The van der Waals surface area contributed by atoms with Crippen molar-refractivity contribution in [3.8, 4) is 0 Å². The molecular weight excluding hydrogens is 194 g/mol. The van der Waals surface area contributed by atoms with E-state index in [1.807, 2.05) is 7.05 Å². The minimum atomic E-state index is 0.764. The van der Waals surface area contributed by atoms with Crippen LogP contribution in [0, 0.1) is 0 Å². The van der Waals surface area contributed by atoms with Gasteiger partial charge in [0.25, 0.3) is 0 Å². The van der Waals surface area contributed by atoms with E-state index in [1.54, 1.807) is 12.4 Å². The van der Waals surface area contributed by atoms with Crippen molar-refractivity contribution in [2.45, 2.75) is 6.54 Å². The molecule has 3 nitrogen and oxygen atoms in total. The van der Waals surface area contributed by atoms with Crippen molar-refractivity contribution in [1.29, 1.82) is 0 Å². The molecule has 1 rings (SSSR count). The number of rotatable bonds is 2. The molecule has 0 bridgehead atoms. The van der Waals surface area contributed by atoms with Crippen molar-refractivity contribution in [2.24, 2.45) is 0 Å². The molecule has 0 aliphatic heterocycles. The first-order chi connectivity index (χ1) is 4.83. The normalized spacial score (nSPS) is 9.80. The van der Waals surface area contributed by atoms with E-state index in [0.29, 0.717) is 0 Å². The average molecular weight is 202 g/mol. The van der Waals surface area contributed by atoms with E-state index >= 15 is 0 Å². The van der Waals surface area contributed by atoms with Gasteiger partial charge >= 0.3 is 0 Å². The summed E-state index contributed by atoms with van der Waals surface area (Å²) in [5, 5.41) is 2.99. The number of nitrogens with one attached hydrogen (secondary N) is 1. The Labute approximate surface area is 68.0 Å². The predicted octanol–water partition coefficient (Wildman–Crippen LogP) is 0.958. The van der Waals surface area contributed by atoms with Crippen molar-refractivity contribution in [3.63, 3.8) is 0 Å². The van der Waals surface area contributed by atoms with Gasteiger partial charge in [0, 0.05) is 6.54 Å². The fourth-order valence-electron chi connectivity index (χ4n) is 0.611. The lowest BCUT2D eigenvalue weighted by Crippen LogP contribution is -2.06. The van der Waals surface area contributed by atoms with Crippen LogP contribution in [0.3, 0.4) is 0 Å². The molecule has 0 aliphatic carbocycles. The van der Waals surface area contributed by atoms with Crippen molar-refractivity contribution in [3.05, 3.63) is 22.7 Å². The Morgan fingerprint density at radius 3 is 2.80 bits per heavy atom. The smallest absolute Gasteiger partial charge is 0.124 e. The molecule has 0 saturated heterocycles. The zero-order valence-electron chi connectivity index (χ0n) is 5.63. The van der Waals surface area contributed by atoms with Crippen molar-refractivity contribution in [2.75, 3.05) is 7.05 Å². The summed E-state index contributed by atoms with van der Waals surface area (Å²) in [6.07, 6.45) is 3.42. The predicted molar refractivity (Wildman–Crippen MR) is 42.5 cm³/mol. The Morgan fingerprint density at radius 1 is 1.50 bits per heavy atom. The standard InChI is InChI=1S/C6H8BrN3/c1-8-2-5-3-10-6(7)4-9-5/h3-4,8H,2H2,1H3. The molecule has 1 aromatic rings. The lowest BCUT2D eigenvalue weighted by atomic mass is 10.4. The number of halogens is 1. The zero-order valence-corrected chi connectivity index (χ0v) is 7.22. The minimum absolute atomic E-state index is 0.764. The SMILES string of the molecule is CNCc1cnc(Br)cn1. The second kappa shape index (κ2) is 3.63. The molecule has 0 unspecified atom stereocenters. The Balaban J connectivity index is 2.69. The molecule has 0 aliphatic rings. The molecule has 0 amide bonds. The molecule has 1 aromatic heterocycles. The van der Waals surface area contributed by atoms with Gasteiger partial charge in [0.15, 0.2) is 0 Å². The second-order valence-corrected chi connectivity index (χ2v) is 2.67. The van der Waals surface area contributed by atoms with E-state index in [0.717, 1.165) is 16.8 Å². The average Bonchev–Trinajstić information content (AvgIpc) is 1.95. The van der Waals surface area contributed by atoms with Crippen LogP contribution >= 0.6 is 15.9 Å². The van der Waals surface area contributed by atoms with Crippen LogP contribution in [-0.2, 0) is 6.54 Å². The molecule has 54 valence electrons. The van der Waals surface area contributed by atoms with Crippen LogP contribution < -0.4 is 5.32 Å². The highest BCUT2D eigenvalue weighted by Gasteiger charge is 1.91. The number of hydrogen-bond donors (Lipinski definition) is 1. The number of hydrogen-bond acceptors (Lipinski definition) is 3. The third kappa shape index (κ3) is 2.04. The molecule has 10 heavy (non-hydrogen) atoms. The van der Waals surface area contributed by atoms with E-state index in [4.69, 9.17) is 0 Å². The molecule has 0 aromatic carbocycles. The molecule has 0 saturated carbocycles. The van der Waals surface area contributed by atoms with Crippen LogP contribution in [0.2, 0.25) is 0 Å². The first-order valence-corrected chi connectivity index (χ1v) is 3.73. The van der Waals surface area contributed by atoms with Gasteiger partial charge in [0.1, 0.15) is 4.60 Å². The third-order valence-corrected chi connectivity index (χ3v) is 1.44. The Kier molecular flexibility index (Phi) is 2.77. The van der Waals surface area contributed by atoms with Crippen LogP contribution in [0.25, 0.3) is 0 Å². The maximum Gasteiger partial charge on any atom is 0.124 e. The Morgan fingerprint density at radius 2 is 2.30 bits per heavy atom. The topological polar surface area (TPSA) is 37.8 Å². The highest BCUT2D eigenvalue weighted by Crippen LogP contribution is 2.01. The quantitative estimate of drug-likeness (QED) is 0.775. The summed E-state index contributed by atoms with van der Waals surface area (Å²) in [5.41, 5.74) is 0.950. The fraction of sp³-hybridized carbons (Fsp3) is 0.333. The van der Waals surface area contributed by atoms with Gasteiger partial charge in [-0.2, -0.15) is 0 Å². The molecular formula is C6H8BrN3. The molecule has 0 radical (unpaired) electrons. The summed E-state index contributed by atoms with van der Waals surface area (Å²) in [6.45, 7) is 0.764. The second-order valence-electron chi connectivity index (χ2n) is 1.86. The highest BCUT2D eigenvalue weighted by molar-refractivity contribution is 9.10. The van der Waals surface area contributed by atoms with Gasteiger partial charge < -0.3 is 5.32 Å². The maximum absolute atomic E-state index is 4.10. The van der Waals surface area contributed by atoms with Gasteiger partial charge in [-0.15, -0.1) is 0 Å². The first-order valence-electron chi connectivity index (χ1n) is 2.94. The van der Waals surface area contributed by atoms with Crippen molar-refractivity contribution in [1.82, 2.24) is 15.3 Å². The molecule has 0 spiro atoms. The Hall–Kier alpha value is -0.480. The van der Waals surface area contributed by atoms with Gasteiger partial charge in [-0.3, -0.25) is 4.98 Å². The van der Waals surface area contributed by atoms with Crippen molar-refractivity contribution < 1.29 is 0 Å². The van der Waals surface area contributed by atoms with Crippen LogP contribution in [-0.4, -0.2) is 17.0 Å². The van der Waals surface area contributed by atoms with Gasteiger partial charge in [-0.25, -0.2) is 4.98 Å². The lowest BCUT2D eigenvalue weighted by molar-refractivity contribution is 0.783. The highest BCUT2D eigenvalue weighted by atomic mass is 79.9. The van der Waals surface area contributed by atoms with Crippen LogP contribution in [0.1, 0.15) is 5.69 Å². The van der Waals surface area contributed by atoms with Crippen molar-refractivity contribution >= 4 is 15.9 Å². The minimum Gasteiger partial charge on any atom is -0.314 e. The largest absolute Gasteiger partial charge is 0.314 e. The summed E-state index contributed by atoms with van der Waals surface area (Å²) in [4.78, 5) is 8.11. The summed E-state index contributed by atoms with van der Waals surface area (Å²) in [5.74, 6) is 0. The molecule has 0 atom stereocenters. The Bertz CT molecular complexity index is 197. The summed E-state index contributed by atoms with van der Waals surface area (Å²) >= 11 is 3.20. The van der Waals surface area contributed by atoms with Crippen LogP contribution in [0.5, 0.6) is 0 Å². The van der Waals surface area contributed by atoms with E-state index in [9.17, 15) is 0 Å². The monoisotopic (exact) mass is 201 g/mol. The van der Waals surface area contributed by atoms with E-state index < -0.39 is 0 Å². The van der Waals surface area contributed by atoms with Gasteiger partial charge in [0.05, 0.1) is 18.1 Å².